The summed E-state index contributed by atoms with van der Waals surface area (Å²) in [4.78, 5) is 12.9. The van der Waals surface area contributed by atoms with Crippen LogP contribution in [-0.2, 0) is 16.1 Å². The summed E-state index contributed by atoms with van der Waals surface area (Å²) in [6.45, 7) is 3.32. The first kappa shape index (κ1) is 14.6. The highest BCUT2D eigenvalue weighted by atomic mass is 79.9. The van der Waals surface area contributed by atoms with E-state index in [4.69, 9.17) is 9.84 Å². The normalized spacial score (nSPS) is 12.9. The summed E-state index contributed by atoms with van der Waals surface area (Å²) < 4.78 is 6.25. The molecular weight excluding hydrogens is 306 g/mol. The van der Waals surface area contributed by atoms with Crippen molar-refractivity contribution in [3.63, 3.8) is 0 Å². The lowest BCUT2D eigenvalue weighted by molar-refractivity contribution is -0.151. The zero-order valence-electron chi connectivity index (χ0n) is 9.85. The van der Waals surface area contributed by atoms with Crippen LogP contribution in [0.25, 0.3) is 0 Å². The van der Waals surface area contributed by atoms with Crippen LogP contribution in [0.2, 0.25) is 0 Å². The van der Waals surface area contributed by atoms with Crippen LogP contribution in [-0.4, -0.2) is 42.3 Å². The van der Waals surface area contributed by atoms with Crippen LogP contribution in [0.15, 0.2) is 15.2 Å². The summed E-state index contributed by atoms with van der Waals surface area (Å²) in [6.07, 6.45) is -0.757. The number of hydrogen-bond acceptors (Lipinski definition) is 4. The minimum absolute atomic E-state index is 0.386. The predicted molar refractivity (Wildman–Crippen MR) is 71.4 cm³/mol. The van der Waals surface area contributed by atoms with Gasteiger partial charge in [-0.2, -0.15) is 0 Å². The Morgan fingerprint density at radius 1 is 1.71 bits per heavy atom. The zero-order chi connectivity index (χ0) is 12.8. The molecule has 0 saturated heterocycles. The van der Waals surface area contributed by atoms with E-state index in [-0.39, 0.29) is 0 Å². The Morgan fingerprint density at radius 2 is 2.41 bits per heavy atom. The molecule has 1 heterocycles. The Kier molecular flexibility index (Phi) is 6.11. The molecule has 0 aromatic carbocycles. The van der Waals surface area contributed by atoms with Crippen LogP contribution in [0.4, 0.5) is 0 Å². The van der Waals surface area contributed by atoms with Crippen molar-refractivity contribution in [2.75, 3.05) is 20.2 Å². The fraction of sp³-hybridized carbons (Fsp3) is 0.545. The molecule has 4 nitrogen and oxygen atoms in total. The first-order valence-corrected chi connectivity index (χ1v) is 6.96. The fourth-order valence-corrected chi connectivity index (χ4v) is 2.69. The topological polar surface area (TPSA) is 49.8 Å². The largest absolute Gasteiger partial charge is 0.479 e. The monoisotopic (exact) mass is 321 g/mol. The zero-order valence-corrected chi connectivity index (χ0v) is 12.3. The molecule has 0 amide bonds. The van der Waals surface area contributed by atoms with E-state index in [0.29, 0.717) is 13.2 Å². The first-order chi connectivity index (χ1) is 8.02. The van der Waals surface area contributed by atoms with Gasteiger partial charge in [0.2, 0.25) is 0 Å². The van der Waals surface area contributed by atoms with Crippen molar-refractivity contribution < 1.29 is 14.6 Å². The second-order valence-electron chi connectivity index (χ2n) is 3.74. The molecule has 0 saturated carbocycles. The van der Waals surface area contributed by atoms with Gasteiger partial charge in [0.05, 0.1) is 3.79 Å². The molecule has 96 valence electrons. The molecule has 1 aromatic heterocycles. The van der Waals surface area contributed by atoms with Gasteiger partial charge >= 0.3 is 5.97 Å². The first-order valence-electron chi connectivity index (χ1n) is 5.28. The maximum atomic E-state index is 10.9. The maximum Gasteiger partial charge on any atom is 0.334 e. The molecule has 1 rings (SSSR count). The van der Waals surface area contributed by atoms with Crippen LogP contribution in [0.3, 0.4) is 0 Å². The van der Waals surface area contributed by atoms with Gasteiger partial charge in [0, 0.05) is 19.7 Å². The molecule has 0 aliphatic carbocycles. The van der Waals surface area contributed by atoms with E-state index in [1.165, 1.54) is 5.56 Å². The molecule has 0 radical (unpaired) electrons. The Bertz CT molecular complexity index is 369. The second-order valence-corrected chi connectivity index (χ2v) is 6.03. The van der Waals surface area contributed by atoms with Crippen LogP contribution < -0.4 is 0 Å². The van der Waals surface area contributed by atoms with E-state index in [9.17, 15) is 4.79 Å². The average molecular weight is 322 g/mol. The fourth-order valence-electron chi connectivity index (χ4n) is 1.49. The molecule has 17 heavy (non-hydrogen) atoms. The van der Waals surface area contributed by atoms with E-state index in [0.717, 1.165) is 10.3 Å². The number of carbonyl (C=O) groups is 1. The number of halogens is 1. The van der Waals surface area contributed by atoms with Gasteiger partial charge < -0.3 is 9.84 Å². The molecule has 1 aromatic rings. The highest BCUT2D eigenvalue weighted by molar-refractivity contribution is 9.11. The lowest BCUT2D eigenvalue weighted by Gasteiger charge is -2.20. The van der Waals surface area contributed by atoms with Gasteiger partial charge in [-0.3, -0.25) is 4.90 Å². The molecule has 1 unspecified atom stereocenters. The second kappa shape index (κ2) is 7.10. The number of aliphatic carboxylic acids is 1. The van der Waals surface area contributed by atoms with Crippen LogP contribution >= 0.6 is 27.3 Å². The number of carboxylic acids is 1. The predicted octanol–water partition coefficient (Wildman–Crippen LogP) is 2.43. The van der Waals surface area contributed by atoms with Gasteiger partial charge in [-0.25, -0.2) is 4.79 Å². The number of rotatable bonds is 7. The van der Waals surface area contributed by atoms with Crippen molar-refractivity contribution in [2.45, 2.75) is 19.6 Å². The number of ether oxygens (including phenoxy) is 1. The molecule has 0 fully saturated rings. The molecular formula is C11H16BrNO3S. The van der Waals surface area contributed by atoms with Crippen LogP contribution in [0.1, 0.15) is 12.5 Å². The quantitative estimate of drug-likeness (QED) is 0.838. The Balaban J connectivity index is 2.47. The summed E-state index contributed by atoms with van der Waals surface area (Å²) in [5.74, 6) is -0.912. The number of hydrogen-bond donors (Lipinski definition) is 1. The van der Waals surface area contributed by atoms with Crippen molar-refractivity contribution in [3.8, 4) is 0 Å². The molecule has 0 aliphatic heterocycles. The minimum Gasteiger partial charge on any atom is -0.479 e. The average Bonchev–Trinajstić information content (AvgIpc) is 2.63. The van der Waals surface area contributed by atoms with Gasteiger partial charge in [0.25, 0.3) is 0 Å². The van der Waals surface area contributed by atoms with E-state index in [1.54, 1.807) is 18.3 Å². The number of nitrogens with zero attached hydrogens (tertiary/aromatic N) is 1. The van der Waals surface area contributed by atoms with E-state index < -0.39 is 12.1 Å². The van der Waals surface area contributed by atoms with Crippen molar-refractivity contribution in [1.82, 2.24) is 4.90 Å². The van der Waals surface area contributed by atoms with Gasteiger partial charge in [-0.15, -0.1) is 11.3 Å². The highest BCUT2D eigenvalue weighted by Crippen LogP contribution is 2.21. The third-order valence-electron chi connectivity index (χ3n) is 2.20. The van der Waals surface area contributed by atoms with E-state index in [1.807, 2.05) is 18.0 Å². The van der Waals surface area contributed by atoms with Crippen LogP contribution in [0, 0.1) is 0 Å². The van der Waals surface area contributed by atoms with Crippen LogP contribution in [0.5, 0.6) is 0 Å². The molecule has 0 aliphatic rings. The molecule has 1 N–H and O–H groups in total. The minimum atomic E-state index is -0.912. The lowest BCUT2D eigenvalue weighted by atomic mass is 10.3. The Labute approximate surface area is 113 Å². The maximum absolute atomic E-state index is 10.9. The van der Waals surface area contributed by atoms with Crippen molar-refractivity contribution in [1.29, 1.82) is 0 Å². The smallest absolute Gasteiger partial charge is 0.334 e. The summed E-state index contributed by atoms with van der Waals surface area (Å²) in [7, 11) is 1.89. The molecule has 0 spiro atoms. The standard InChI is InChI=1S/C11H16BrNO3S/c1-3-16-9(11(14)15)6-13(2)5-8-4-10(12)17-7-8/h4,7,9H,3,5-6H2,1-2H3,(H,14,15). The van der Waals surface area contributed by atoms with E-state index in [2.05, 4.69) is 21.3 Å². The van der Waals surface area contributed by atoms with E-state index >= 15 is 0 Å². The summed E-state index contributed by atoms with van der Waals surface area (Å²) in [6, 6.07) is 2.04. The molecule has 6 heteroatoms. The highest BCUT2D eigenvalue weighted by Gasteiger charge is 2.19. The van der Waals surface area contributed by atoms with Gasteiger partial charge in [-0.05, 0) is 46.9 Å². The third kappa shape index (κ3) is 5.16. The SMILES string of the molecule is CCOC(CN(C)Cc1csc(Br)c1)C(=O)O. The van der Waals surface area contributed by atoms with Gasteiger partial charge in [0.1, 0.15) is 0 Å². The van der Waals surface area contributed by atoms with Crippen molar-refractivity contribution >= 4 is 33.2 Å². The Hall–Kier alpha value is -0.430. The summed E-state index contributed by atoms with van der Waals surface area (Å²) in [5, 5.41) is 11.0. The van der Waals surface area contributed by atoms with Crippen molar-refractivity contribution in [3.05, 3.63) is 20.8 Å². The summed E-state index contributed by atoms with van der Waals surface area (Å²) in [5.41, 5.74) is 1.17. The number of carboxylic acid groups (broad SMARTS) is 1. The number of likely N-dealkylation sites (N-methyl/N-ethyl adjacent to an activating group) is 1. The number of thiophene rings is 1. The third-order valence-corrected chi connectivity index (χ3v) is 3.75. The van der Waals surface area contributed by atoms with Gasteiger partial charge in [0.15, 0.2) is 6.10 Å². The van der Waals surface area contributed by atoms with Crippen molar-refractivity contribution in [2.24, 2.45) is 0 Å². The summed E-state index contributed by atoms with van der Waals surface area (Å²) >= 11 is 5.03. The van der Waals surface area contributed by atoms with Gasteiger partial charge in [-0.1, -0.05) is 0 Å². The lowest BCUT2D eigenvalue weighted by Crippen LogP contribution is -2.36. The molecule has 0 bridgehead atoms. The Morgan fingerprint density at radius 3 is 2.88 bits per heavy atom. The molecule has 1 atom stereocenters.